The van der Waals surface area contributed by atoms with Crippen LogP contribution in [-0.4, -0.2) is 24.1 Å². The van der Waals surface area contributed by atoms with Gasteiger partial charge in [-0.15, -0.1) is 0 Å². The fraction of sp³-hybridized carbons (Fsp3) is 0.211. The Bertz CT molecular complexity index is 828. The van der Waals surface area contributed by atoms with Crippen molar-refractivity contribution in [1.29, 1.82) is 0 Å². The van der Waals surface area contributed by atoms with Crippen molar-refractivity contribution in [2.24, 2.45) is 10.9 Å². The van der Waals surface area contributed by atoms with Crippen LogP contribution in [-0.2, 0) is 17.6 Å². The largest absolute Gasteiger partial charge is 0.352 e. The summed E-state index contributed by atoms with van der Waals surface area (Å²) in [4.78, 5) is 28.3. The van der Waals surface area contributed by atoms with E-state index in [0.717, 1.165) is 28.8 Å². The van der Waals surface area contributed by atoms with E-state index in [1.165, 1.54) is 0 Å². The standard InChI is InChI=1S/C19H16N2O2/c22-18-15(11-14-3-1-2-4-17(14)21-18)9-12-5-6-13-7-8-20-19(23)16(13)10-12/h1-6,10-11,14H,7-9H2,(H,20,23). The first-order valence-corrected chi connectivity index (χ1v) is 7.79. The minimum absolute atomic E-state index is 0.0299. The van der Waals surface area contributed by atoms with Crippen LogP contribution in [0.5, 0.6) is 0 Å². The second kappa shape index (κ2) is 5.47. The molecule has 4 nitrogen and oxygen atoms in total. The summed E-state index contributed by atoms with van der Waals surface area (Å²) in [7, 11) is 0. The second-order valence-corrected chi connectivity index (χ2v) is 5.98. The summed E-state index contributed by atoms with van der Waals surface area (Å²) in [6.45, 7) is 0.688. The normalized spacial score (nSPS) is 22.0. The Morgan fingerprint density at radius 3 is 3.04 bits per heavy atom. The highest BCUT2D eigenvalue weighted by Crippen LogP contribution is 2.24. The lowest BCUT2D eigenvalue weighted by Crippen LogP contribution is -2.31. The number of amides is 2. The maximum absolute atomic E-state index is 12.2. The quantitative estimate of drug-likeness (QED) is 0.910. The van der Waals surface area contributed by atoms with E-state index >= 15 is 0 Å². The van der Waals surface area contributed by atoms with Crippen molar-refractivity contribution in [3.63, 3.8) is 0 Å². The maximum atomic E-state index is 12.2. The SMILES string of the molecule is O=C1N=C2C=CC=CC2C=C1Cc1ccc2c(c1)C(=O)NCC2. The number of carbonyl (C=O) groups is 2. The third-order valence-corrected chi connectivity index (χ3v) is 4.42. The van der Waals surface area contributed by atoms with Crippen molar-refractivity contribution in [2.75, 3.05) is 6.54 Å². The molecule has 3 aliphatic rings. The van der Waals surface area contributed by atoms with Crippen LogP contribution < -0.4 is 5.32 Å². The molecule has 0 saturated heterocycles. The van der Waals surface area contributed by atoms with Crippen LogP contribution in [0.15, 0.2) is 59.1 Å². The Balaban J connectivity index is 1.61. The average molecular weight is 304 g/mol. The second-order valence-electron chi connectivity index (χ2n) is 5.98. The van der Waals surface area contributed by atoms with Crippen molar-refractivity contribution >= 4 is 17.5 Å². The number of fused-ring (bicyclic) bond motifs is 2. The van der Waals surface area contributed by atoms with E-state index in [1.54, 1.807) is 0 Å². The van der Waals surface area contributed by atoms with Crippen LogP contribution in [0.3, 0.4) is 0 Å². The summed E-state index contributed by atoms with van der Waals surface area (Å²) in [6, 6.07) is 5.89. The van der Waals surface area contributed by atoms with Crippen molar-refractivity contribution in [2.45, 2.75) is 12.8 Å². The summed E-state index contributed by atoms with van der Waals surface area (Å²) in [5, 5.41) is 2.86. The smallest absolute Gasteiger partial charge is 0.273 e. The van der Waals surface area contributed by atoms with Gasteiger partial charge in [0.1, 0.15) is 0 Å². The first kappa shape index (κ1) is 13.9. The number of dihydropyridines is 1. The highest BCUT2D eigenvalue weighted by Gasteiger charge is 2.23. The summed E-state index contributed by atoms with van der Waals surface area (Å²) in [6.07, 6.45) is 11.1. The number of nitrogens with zero attached hydrogens (tertiary/aromatic N) is 1. The molecule has 1 aliphatic carbocycles. The maximum Gasteiger partial charge on any atom is 0.273 e. The Morgan fingerprint density at radius 1 is 1.22 bits per heavy atom. The number of hydrogen-bond acceptors (Lipinski definition) is 2. The van der Waals surface area contributed by atoms with Gasteiger partial charge < -0.3 is 5.32 Å². The Kier molecular flexibility index (Phi) is 3.30. The predicted molar refractivity (Wildman–Crippen MR) is 88.5 cm³/mol. The molecule has 2 aliphatic heterocycles. The van der Waals surface area contributed by atoms with E-state index in [4.69, 9.17) is 0 Å². The lowest BCUT2D eigenvalue weighted by molar-refractivity contribution is -0.114. The van der Waals surface area contributed by atoms with Gasteiger partial charge in [0.15, 0.2) is 0 Å². The Hall–Kier alpha value is -2.75. The molecule has 1 aromatic carbocycles. The molecular formula is C19H16N2O2. The first-order valence-electron chi connectivity index (χ1n) is 7.79. The van der Waals surface area contributed by atoms with Crippen LogP contribution in [0.1, 0.15) is 21.5 Å². The molecule has 1 N–H and O–H groups in total. The molecular weight excluding hydrogens is 288 g/mol. The fourth-order valence-corrected chi connectivity index (χ4v) is 3.20. The summed E-state index contributed by atoms with van der Waals surface area (Å²) < 4.78 is 0. The molecule has 0 spiro atoms. The van der Waals surface area contributed by atoms with Gasteiger partial charge in [-0.25, -0.2) is 4.99 Å². The molecule has 114 valence electrons. The lowest BCUT2D eigenvalue weighted by atomic mass is 9.89. The molecule has 0 aromatic heterocycles. The van der Waals surface area contributed by atoms with E-state index in [9.17, 15) is 9.59 Å². The number of allylic oxidation sites excluding steroid dienone is 5. The third kappa shape index (κ3) is 2.57. The van der Waals surface area contributed by atoms with Gasteiger partial charge in [0, 0.05) is 30.0 Å². The molecule has 0 saturated carbocycles. The van der Waals surface area contributed by atoms with E-state index < -0.39 is 0 Å². The summed E-state index contributed by atoms with van der Waals surface area (Å²) in [5.41, 5.74) is 4.25. The van der Waals surface area contributed by atoms with Crippen LogP contribution >= 0.6 is 0 Å². The van der Waals surface area contributed by atoms with Gasteiger partial charge >= 0.3 is 0 Å². The van der Waals surface area contributed by atoms with Gasteiger partial charge in [-0.2, -0.15) is 0 Å². The number of carbonyl (C=O) groups excluding carboxylic acids is 2. The van der Waals surface area contributed by atoms with Gasteiger partial charge in [-0.3, -0.25) is 9.59 Å². The number of aliphatic imine (C=N–C) groups is 1. The van der Waals surface area contributed by atoms with Crippen molar-refractivity contribution < 1.29 is 9.59 Å². The zero-order valence-corrected chi connectivity index (χ0v) is 12.6. The van der Waals surface area contributed by atoms with Crippen LogP contribution in [0.25, 0.3) is 0 Å². The number of hydrogen-bond donors (Lipinski definition) is 1. The fourth-order valence-electron chi connectivity index (χ4n) is 3.20. The summed E-state index contributed by atoms with van der Waals surface area (Å²) in [5.74, 6) is -0.135. The topological polar surface area (TPSA) is 58.5 Å². The molecule has 2 amide bonds. The van der Waals surface area contributed by atoms with E-state index in [2.05, 4.69) is 10.3 Å². The van der Waals surface area contributed by atoms with Gasteiger partial charge in [0.2, 0.25) is 0 Å². The Morgan fingerprint density at radius 2 is 2.13 bits per heavy atom. The van der Waals surface area contributed by atoms with E-state index in [1.807, 2.05) is 48.6 Å². The zero-order chi connectivity index (χ0) is 15.8. The molecule has 2 heterocycles. The molecule has 1 unspecified atom stereocenters. The molecule has 23 heavy (non-hydrogen) atoms. The van der Waals surface area contributed by atoms with E-state index in [0.29, 0.717) is 18.5 Å². The zero-order valence-electron chi connectivity index (χ0n) is 12.6. The number of benzene rings is 1. The lowest BCUT2D eigenvalue weighted by Gasteiger charge is -2.20. The highest BCUT2D eigenvalue weighted by atomic mass is 16.2. The van der Waals surface area contributed by atoms with Gasteiger partial charge in [-0.05, 0) is 29.7 Å². The van der Waals surface area contributed by atoms with Crippen molar-refractivity contribution in [3.8, 4) is 0 Å². The molecule has 1 atom stereocenters. The number of nitrogens with one attached hydrogen (secondary N) is 1. The molecule has 4 heteroatoms. The van der Waals surface area contributed by atoms with Crippen LogP contribution in [0, 0.1) is 5.92 Å². The molecule has 0 fully saturated rings. The monoisotopic (exact) mass is 304 g/mol. The average Bonchev–Trinajstić information content (AvgIpc) is 2.56. The minimum Gasteiger partial charge on any atom is -0.352 e. The van der Waals surface area contributed by atoms with Gasteiger partial charge in [-0.1, -0.05) is 36.4 Å². The third-order valence-electron chi connectivity index (χ3n) is 4.42. The molecule has 4 rings (SSSR count). The van der Waals surface area contributed by atoms with Gasteiger partial charge in [0.25, 0.3) is 11.8 Å². The van der Waals surface area contributed by atoms with Crippen molar-refractivity contribution in [3.05, 3.63) is 70.8 Å². The molecule has 1 aromatic rings. The highest BCUT2D eigenvalue weighted by molar-refractivity contribution is 6.13. The van der Waals surface area contributed by atoms with E-state index in [-0.39, 0.29) is 17.7 Å². The predicted octanol–water partition coefficient (Wildman–Crippen LogP) is 2.16. The summed E-state index contributed by atoms with van der Waals surface area (Å²) >= 11 is 0. The van der Waals surface area contributed by atoms with Crippen LogP contribution in [0.2, 0.25) is 0 Å². The number of rotatable bonds is 2. The molecule has 0 radical (unpaired) electrons. The minimum atomic E-state index is -0.182. The van der Waals surface area contributed by atoms with Crippen molar-refractivity contribution in [1.82, 2.24) is 5.32 Å². The Labute approximate surface area is 134 Å². The first-order chi connectivity index (χ1) is 11.2. The van der Waals surface area contributed by atoms with Gasteiger partial charge in [0.05, 0.1) is 5.71 Å². The molecule has 0 bridgehead atoms. The van der Waals surface area contributed by atoms with Crippen LogP contribution in [0.4, 0.5) is 0 Å².